The highest BCUT2D eigenvalue weighted by Gasteiger charge is 2.09. The number of fused-ring (bicyclic) bond motifs is 1. The normalized spacial score (nSPS) is 10.9. The van der Waals surface area contributed by atoms with Crippen LogP contribution in [0.25, 0.3) is 11.0 Å². The molecular formula is C14H14N4O2. The summed E-state index contributed by atoms with van der Waals surface area (Å²) < 4.78 is 7.45. The first-order valence-electron chi connectivity index (χ1n) is 6.28. The van der Waals surface area contributed by atoms with Gasteiger partial charge in [-0.15, -0.1) is 0 Å². The molecule has 0 saturated heterocycles. The van der Waals surface area contributed by atoms with E-state index in [4.69, 9.17) is 9.84 Å². The fraction of sp³-hybridized carbons (Fsp3) is 0.214. The van der Waals surface area contributed by atoms with Crippen LogP contribution in [0.3, 0.4) is 0 Å². The van der Waals surface area contributed by atoms with Crippen LogP contribution in [0, 0.1) is 0 Å². The Balaban J connectivity index is 1.89. The molecule has 0 aliphatic heterocycles. The van der Waals surface area contributed by atoms with Crippen LogP contribution in [-0.2, 0) is 13.5 Å². The van der Waals surface area contributed by atoms with Crippen LogP contribution < -0.4 is 4.74 Å². The van der Waals surface area contributed by atoms with Gasteiger partial charge >= 0.3 is 0 Å². The molecule has 0 bridgehead atoms. The van der Waals surface area contributed by atoms with Gasteiger partial charge in [0, 0.05) is 13.7 Å². The maximum absolute atomic E-state index is 8.89. The zero-order valence-electron chi connectivity index (χ0n) is 11.0. The van der Waals surface area contributed by atoms with Crippen molar-refractivity contribution >= 4 is 11.0 Å². The predicted molar refractivity (Wildman–Crippen MR) is 73.6 cm³/mol. The summed E-state index contributed by atoms with van der Waals surface area (Å²) in [5, 5.41) is 13.8. The first-order chi connectivity index (χ1) is 9.78. The number of ether oxygens (including phenoxy) is 1. The van der Waals surface area contributed by atoms with Gasteiger partial charge in [-0.1, -0.05) is 12.1 Å². The molecule has 6 nitrogen and oxygen atoms in total. The van der Waals surface area contributed by atoms with Crippen molar-refractivity contribution in [1.82, 2.24) is 19.7 Å². The van der Waals surface area contributed by atoms with E-state index < -0.39 is 0 Å². The number of aliphatic hydroxyl groups excluding tert-OH is 1. The number of aryl methyl sites for hydroxylation is 1. The molecule has 102 valence electrons. The molecule has 0 atom stereocenters. The Labute approximate surface area is 115 Å². The van der Waals surface area contributed by atoms with Gasteiger partial charge in [-0.05, 0) is 24.1 Å². The van der Waals surface area contributed by atoms with Crippen LogP contribution in [0.15, 0.2) is 36.8 Å². The van der Waals surface area contributed by atoms with E-state index in [1.165, 1.54) is 6.33 Å². The summed E-state index contributed by atoms with van der Waals surface area (Å²) in [4.78, 5) is 8.31. The molecule has 0 amide bonds. The molecule has 0 saturated carbocycles. The van der Waals surface area contributed by atoms with Gasteiger partial charge in [0.2, 0.25) is 5.88 Å². The summed E-state index contributed by atoms with van der Waals surface area (Å²) in [6.45, 7) is 0.141. The van der Waals surface area contributed by atoms with E-state index in [1.807, 2.05) is 31.3 Å². The molecule has 20 heavy (non-hydrogen) atoms. The summed E-state index contributed by atoms with van der Waals surface area (Å²) in [5.74, 6) is 1.17. The molecule has 6 heteroatoms. The minimum absolute atomic E-state index is 0.141. The fourth-order valence-electron chi connectivity index (χ4n) is 1.99. The monoisotopic (exact) mass is 270 g/mol. The Morgan fingerprint density at radius 3 is 2.75 bits per heavy atom. The number of hydrogen-bond acceptors (Lipinski definition) is 5. The van der Waals surface area contributed by atoms with Gasteiger partial charge in [-0.3, -0.25) is 4.68 Å². The molecule has 0 radical (unpaired) electrons. The van der Waals surface area contributed by atoms with E-state index in [2.05, 4.69) is 15.1 Å². The van der Waals surface area contributed by atoms with Crippen molar-refractivity contribution in [2.75, 3.05) is 6.61 Å². The van der Waals surface area contributed by atoms with Gasteiger partial charge in [0.15, 0.2) is 5.65 Å². The van der Waals surface area contributed by atoms with E-state index in [0.717, 1.165) is 16.6 Å². The summed E-state index contributed by atoms with van der Waals surface area (Å²) in [6.07, 6.45) is 3.78. The lowest BCUT2D eigenvalue weighted by Crippen LogP contribution is -1.94. The highest BCUT2D eigenvalue weighted by atomic mass is 16.5. The number of hydrogen-bond donors (Lipinski definition) is 1. The third kappa shape index (κ3) is 2.33. The van der Waals surface area contributed by atoms with Crippen LogP contribution in [0.1, 0.15) is 5.56 Å². The smallest absolute Gasteiger partial charge is 0.233 e. The van der Waals surface area contributed by atoms with Gasteiger partial charge in [-0.2, -0.15) is 5.10 Å². The first kappa shape index (κ1) is 12.6. The lowest BCUT2D eigenvalue weighted by Gasteiger charge is -2.06. The van der Waals surface area contributed by atoms with E-state index in [9.17, 15) is 0 Å². The van der Waals surface area contributed by atoms with Crippen LogP contribution in [0.2, 0.25) is 0 Å². The van der Waals surface area contributed by atoms with Crippen molar-refractivity contribution in [3.63, 3.8) is 0 Å². The largest absolute Gasteiger partial charge is 0.438 e. The second-order valence-corrected chi connectivity index (χ2v) is 4.40. The maximum atomic E-state index is 8.89. The number of aliphatic hydroxyl groups is 1. The average Bonchev–Trinajstić information content (AvgIpc) is 2.84. The number of rotatable bonds is 4. The van der Waals surface area contributed by atoms with Gasteiger partial charge < -0.3 is 9.84 Å². The molecule has 2 aromatic heterocycles. The van der Waals surface area contributed by atoms with Crippen LogP contribution in [0.4, 0.5) is 0 Å². The Morgan fingerprint density at radius 1 is 1.20 bits per heavy atom. The maximum Gasteiger partial charge on any atom is 0.233 e. The zero-order chi connectivity index (χ0) is 13.9. The van der Waals surface area contributed by atoms with Gasteiger partial charge in [-0.25, -0.2) is 9.97 Å². The Kier molecular flexibility index (Phi) is 3.30. The highest BCUT2D eigenvalue weighted by molar-refractivity contribution is 5.79. The summed E-state index contributed by atoms with van der Waals surface area (Å²) in [6, 6.07) is 7.56. The third-order valence-electron chi connectivity index (χ3n) is 3.03. The van der Waals surface area contributed by atoms with E-state index in [0.29, 0.717) is 18.1 Å². The summed E-state index contributed by atoms with van der Waals surface area (Å²) >= 11 is 0. The molecule has 0 spiro atoms. The van der Waals surface area contributed by atoms with Crippen LogP contribution in [0.5, 0.6) is 11.6 Å². The predicted octanol–water partition coefficient (Wildman–Crippen LogP) is 1.69. The molecule has 0 fully saturated rings. The van der Waals surface area contributed by atoms with Crippen molar-refractivity contribution < 1.29 is 9.84 Å². The zero-order valence-corrected chi connectivity index (χ0v) is 11.0. The molecule has 3 rings (SSSR count). The molecule has 2 heterocycles. The fourth-order valence-corrected chi connectivity index (χ4v) is 1.99. The molecule has 1 aromatic carbocycles. The molecule has 0 aliphatic carbocycles. The van der Waals surface area contributed by atoms with E-state index in [1.54, 1.807) is 10.9 Å². The SMILES string of the molecule is Cn1ncc2c(Oc3ccc(CCO)cc3)ncnc21. The number of aromatic nitrogens is 4. The highest BCUT2D eigenvalue weighted by Crippen LogP contribution is 2.26. The van der Waals surface area contributed by atoms with Gasteiger partial charge in [0.1, 0.15) is 17.5 Å². The Morgan fingerprint density at radius 2 is 2.00 bits per heavy atom. The van der Waals surface area contributed by atoms with Crippen molar-refractivity contribution in [2.24, 2.45) is 7.05 Å². The van der Waals surface area contributed by atoms with Gasteiger partial charge in [0.25, 0.3) is 0 Å². The minimum Gasteiger partial charge on any atom is -0.438 e. The molecule has 0 aliphatic rings. The van der Waals surface area contributed by atoms with E-state index >= 15 is 0 Å². The van der Waals surface area contributed by atoms with Crippen molar-refractivity contribution in [3.05, 3.63) is 42.4 Å². The number of nitrogens with zero attached hydrogens (tertiary/aromatic N) is 4. The summed E-state index contributed by atoms with van der Waals surface area (Å²) in [5.41, 5.74) is 1.79. The Hall–Kier alpha value is -2.47. The van der Waals surface area contributed by atoms with Crippen molar-refractivity contribution in [1.29, 1.82) is 0 Å². The molecule has 0 unspecified atom stereocenters. The number of benzene rings is 1. The average molecular weight is 270 g/mol. The van der Waals surface area contributed by atoms with Crippen molar-refractivity contribution in [3.8, 4) is 11.6 Å². The summed E-state index contributed by atoms with van der Waals surface area (Å²) in [7, 11) is 1.82. The minimum atomic E-state index is 0.141. The molecular weight excluding hydrogens is 256 g/mol. The molecule has 1 N–H and O–H groups in total. The molecule has 3 aromatic rings. The lowest BCUT2D eigenvalue weighted by molar-refractivity contribution is 0.299. The quantitative estimate of drug-likeness (QED) is 0.781. The Bertz CT molecular complexity index is 722. The second kappa shape index (κ2) is 5.26. The standard InChI is InChI=1S/C14H14N4O2/c1-18-13-12(8-17-18)14(16-9-15-13)20-11-4-2-10(3-5-11)6-7-19/h2-5,8-9,19H,6-7H2,1H3. The first-order valence-corrected chi connectivity index (χ1v) is 6.28. The van der Waals surface area contributed by atoms with Crippen LogP contribution >= 0.6 is 0 Å². The second-order valence-electron chi connectivity index (χ2n) is 4.40. The topological polar surface area (TPSA) is 73.1 Å². The van der Waals surface area contributed by atoms with Gasteiger partial charge in [0.05, 0.1) is 6.20 Å². The lowest BCUT2D eigenvalue weighted by atomic mass is 10.1. The van der Waals surface area contributed by atoms with Crippen molar-refractivity contribution in [2.45, 2.75) is 6.42 Å². The van der Waals surface area contributed by atoms with Crippen LogP contribution in [-0.4, -0.2) is 31.5 Å². The van der Waals surface area contributed by atoms with E-state index in [-0.39, 0.29) is 6.61 Å². The third-order valence-corrected chi connectivity index (χ3v) is 3.03.